The molecular formula is C45H27N. The van der Waals surface area contributed by atoms with E-state index in [2.05, 4.69) is 158 Å². The number of benzene rings is 8. The molecule has 0 fully saturated rings. The van der Waals surface area contributed by atoms with E-state index in [1.165, 1.54) is 77.2 Å². The van der Waals surface area contributed by atoms with E-state index in [-0.39, 0.29) is 0 Å². The Bertz CT molecular complexity index is 2490. The molecule has 1 aliphatic rings. The maximum Gasteiger partial charge on any atom is 0.0991 e. The minimum Gasteiger partial charge on any atom is -0.192 e. The Kier molecular flexibility index (Phi) is 5.95. The van der Waals surface area contributed by atoms with Crippen molar-refractivity contribution >= 4 is 21.5 Å². The van der Waals surface area contributed by atoms with Crippen molar-refractivity contribution in [2.24, 2.45) is 0 Å². The first-order chi connectivity index (χ1) is 22.8. The summed E-state index contributed by atoms with van der Waals surface area (Å²) in [4.78, 5) is 0. The van der Waals surface area contributed by atoms with E-state index >= 15 is 0 Å². The summed E-state index contributed by atoms with van der Waals surface area (Å²) in [5.41, 5.74) is 15.4. The fourth-order valence-corrected chi connectivity index (χ4v) is 7.40. The van der Waals surface area contributed by atoms with Gasteiger partial charge in [-0.3, -0.25) is 0 Å². The predicted octanol–water partition coefficient (Wildman–Crippen LogP) is 12.2. The summed E-state index contributed by atoms with van der Waals surface area (Å²) in [5.74, 6) is 0. The van der Waals surface area contributed by atoms with Gasteiger partial charge >= 0.3 is 0 Å². The third-order valence-corrected chi connectivity index (χ3v) is 9.42. The number of hydrogen-bond donors (Lipinski definition) is 0. The fourth-order valence-electron chi connectivity index (χ4n) is 7.40. The van der Waals surface area contributed by atoms with Gasteiger partial charge in [0.25, 0.3) is 0 Å². The average Bonchev–Trinajstić information content (AvgIpc) is 3.47. The molecular weight excluding hydrogens is 555 g/mol. The molecule has 0 saturated heterocycles. The van der Waals surface area contributed by atoms with E-state index in [4.69, 9.17) is 0 Å². The van der Waals surface area contributed by atoms with Crippen LogP contribution in [0.3, 0.4) is 0 Å². The Balaban J connectivity index is 1.44. The van der Waals surface area contributed by atoms with Crippen LogP contribution in [0.5, 0.6) is 0 Å². The van der Waals surface area contributed by atoms with Gasteiger partial charge in [-0.25, -0.2) is 0 Å². The van der Waals surface area contributed by atoms with Crippen LogP contribution in [0.1, 0.15) is 5.56 Å². The highest BCUT2D eigenvalue weighted by Crippen LogP contribution is 2.57. The molecule has 9 rings (SSSR count). The standard InChI is InChI=1S/C45H27N/c46-28-29-21-23-31(24-22-29)39-26-35(25-34-15-7-8-18-36(34)39)41-27-40(30-11-3-1-4-12-30)44-37-19-9-16-32-17-10-20-38(42(32)37)45(44)43(41)33-13-5-2-6-14-33/h1-27H. The lowest BCUT2D eigenvalue weighted by Crippen LogP contribution is -1.95. The van der Waals surface area contributed by atoms with E-state index in [1.54, 1.807) is 0 Å². The molecule has 0 aliphatic heterocycles. The minimum atomic E-state index is 0.662. The van der Waals surface area contributed by atoms with Crippen LogP contribution in [-0.4, -0.2) is 0 Å². The molecule has 0 aromatic heterocycles. The molecule has 0 radical (unpaired) electrons. The van der Waals surface area contributed by atoms with Crippen LogP contribution >= 0.6 is 0 Å². The molecule has 0 saturated carbocycles. The van der Waals surface area contributed by atoms with Gasteiger partial charge in [-0.05, 0) is 119 Å². The molecule has 0 unspecified atom stereocenters. The molecule has 0 heterocycles. The van der Waals surface area contributed by atoms with E-state index < -0.39 is 0 Å². The summed E-state index contributed by atoms with van der Waals surface area (Å²) in [6, 6.07) is 61.0. The summed E-state index contributed by atoms with van der Waals surface area (Å²) in [6.07, 6.45) is 0. The maximum absolute atomic E-state index is 9.47. The lowest BCUT2D eigenvalue weighted by molar-refractivity contribution is 1.48. The van der Waals surface area contributed by atoms with Gasteiger partial charge in [0.15, 0.2) is 0 Å². The zero-order chi connectivity index (χ0) is 30.6. The first-order valence-corrected chi connectivity index (χ1v) is 15.7. The molecule has 1 heteroatoms. The van der Waals surface area contributed by atoms with Crippen LogP contribution in [-0.2, 0) is 0 Å². The number of nitrogens with zero attached hydrogens (tertiary/aromatic N) is 1. The Labute approximate surface area is 268 Å². The van der Waals surface area contributed by atoms with Crippen LogP contribution in [0.25, 0.3) is 88.3 Å². The summed E-state index contributed by atoms with van der Waals surface area (Å²) >= 11 is 0. The number of nitriles is 1. The summed E-state index contributed by atoms with van der Waals surface area (Å²) in [6.45, 7) is 0. The van der Waals surface area contributed by atoms with Gasteiger partial charge in [-0.2, -0.15) is 5.26 Å². The number of fused-ring (bicyclic) bond motifs is 4. The number of hydrogen-bond acceptors (Lipinski definition) is 1. The Hall–Kier alpha value is -6.23. The van der Waals surface area contributed by atoms with Gasteiger partial charge in [0.05, 0.1) is 11.6 Å². The van der Waals surface area contributed by atoms with Crippen molar-refractivity contribution in [3.05, 3.63) is 169 Å². The second-order valence-corrected chi connectivity index (χ2v) is 12.0. The van der Waals surface area contributed by atoms with Crippen molar-refractivity contribution < 1.29 is 0 Å². The highest BCUT2D eigenvalue weighted by molar-refractivity contribution is 6.23. The Morgan fingerprint density at radius 1 is 0.348 bits per heavy atom. The van der Waals surface area contributed by atoms with Crippen molar-refractivity contribution in [1.29, 1.82) is 5.26 Å². The molecule has 0 spiro atoms. The van der Waals surface area contributed by atoms with Crippen molar-refractivity contribution in [2.75, 3.05) is 0 Å². The summed E-state index contributed by atoms with van der Waals surface area (Å²) in [7, 11) is 0. The zero-order valence-electron chi connectivity index (χ0n) is 25.0. The summed E-state index contributed by atoms with van der Waals surface area (Å²) < 4.78 is 0. The molecule has 8 aromatic rings. The Morgan fingerprint density at radius 2 is 0.935 bits per heavy atom. The fraction of sp³-hybridized carbons (Fsp3) is 0. The van der Waals surface area contributed by atoms with Gasteiger partial charge in [-0.15, -0.1) is 0 Å². The normalized spacial score (nSPS) is 11.5. The smallest absolute Gasteiger partial charge is 0.0991 e. The quantitative estimate of drug-likeness (QED) is 0.203. The third kappa shape index (κ3) is 4.02. The first-order valence-electron chi connectivity index (χ1n) is 15.7. The van der Waals surface area contributed by atoms with Gasteiger partial charge in [-0.1, -0.05) is 133 Å². The molecule has 8 aromatic carbocycles. The monoisotopic (exact) mass is 581 g/mol. The predicted molar refractivity (Wildman–Crippen MR) is 192 cm³/mol. The van der Waals surface area contributed by atoms with Gasteiger partial charge in [0, 0.05) is 0 Å². The molecule has 0 amide bonds. The molecule has 0 atom stereocenters. The zero-order valence-corrected chi connectivity index (χ0v) is 25.0. The second-order valence-electron chi connectivity index (χ2n) is 12.0. The highest BCUT2D eigenvalue weighted by atomic mass is 14.3. The van der Waals surface area contributed by atoms with Crippen LogP contribution in [0.2, 0.25) is 0 Å². The van der Waals surface area contributed by atoms with Crippen molar-refractivity contribution in [1.82, 2.24) is 0 Å². The molecule has 0 bridgehead atoms. The van der Waals surface area contributed by atoms with E-state index in [1.807, 2.05) is 12.1 Å². The van der Waals surface area contributed by atoms with Crippen LogP contribution in [0.15, 0.2) is 164 Å². The molecule has 1 nitrogen and oxygen atoms in total. The van der Waals surface area contributed by atoms with Crippen LogP contribution in [0.4, 0.5) is 0 Å². The largest absolute Gasteiger partial charge is 0.192 e. The minimum absolute atomic E-state index is 0.662. The summed E-state index contributed by atoms with van der Waals surface area (Å²) in [5, 5.41) is 14.4. The number of rotatable bonds is 4. The lowest BCUT2D eigenvalue weighted by Gasteiger charge is -2.22. The van der Waals surface area contributed by atoms with E-state index in [0.29, 0.717) is 5.56 Å². The molecule has 1 aliphatic carbocycles. The van der Waals surface area contributed by atoms with Gasteiger partial charge in [0.1, 0.15) is 0 Å². The Morgan fingerprint density at radius 3 is 1.65 bits per heavy atom. The van der Waals surface area contributed by atoms with Crippen LogP contribution in [0, 0.1) is 11.3 Å². The van der Waals surface area contributed by atoms with Crippen molar-refractivity contribution in [2.45, 2.75) is 0 Å². The maximum atomic E-state index is 9.47. The molecule has 46 heavy (non-hydrogen) atoms. The van der Waals surface area contributed by atoms with Gasteiger partial charge < -0.3 is 0 Å². The van der Waals surface area contributed by atoms with Crippen LogP contribution < -0.4 is 0 Å². The van der Waals surface area contributed by atoms with Crippen molar-refractivity contribution in [3.8, 4) is 72.8 Å². The third-order valence-electron chi connectivity index (χ3n) is 9.42. The topological polar surface area (TPSA) is 23.8 Å². The first kappa shape index (κ1) is 26.2. The SMILES string of the molecule is N#Cc1ccc(-c2cc(-c3cc(-c4ccccc4)c4c(c3-c3ccccc3)-c3cccc5cccc-4c35)cc3ccccc23)cc1. The lowest BCUT2D eigenvalue weighted by atomic mass is 9.81. The highest BCUT2D eigenvalue weighted by Gasteiger charge is 2.30. The second kappa shape index (κ2) is 10.4. The van der Waals surface area contributed by atoms with E-state index in [0.717, 1.165) is 11.1 Å². The van der Waals surface area contributed by atoms with Crippen molar-refractivity contribution in [3.63, 3.8) is 0 Å². The molecule has 212 valence electrons. The van der Waals surface area contributed by atoms with Gasteiger partial charge in [0.2, 0.25) is 0 Å². The molecule has 0 N–H and O–H groups in total. The van der Waals surface area contributed by atoms with E-state index in [9.17, 15) is 5.26 Å². The average molecular weight is 582 g/mol.